The molecule has 1 heterocycles. The first-order valence-corrected chi connectivity index (χ1v) is 7.10. The zero-order valence-corrected chi connectivity index (χ0v) is 11.1. The smallest absolute Gasteiger partial charge is 0.238 e. The molecule has 0 aliphatic heterocycles. The molecule has 1 aromatic heterocycles. The van der Waals surface area contributed by atoms with E-state index < -0.39 is 10.0 Å². The van der Waals surface area contributed by atoms with Gasteiger partial charge in [-0.2, -0.15) is 0 Å². The number of sulfonamides is 1. The van der Waals surface area contributed by atoms with E-state index in [2.05, 4.69) is 15.3 Å². The van der Waals surface area contributed by atoms with Gasteiger partial charge in [-0.1, -0.05) is 0 Å². The van der Waals surface area contributed by atoms with Gasteiger partial charge in [0.05, 0.1) is 22.3 Å². The second kappa shape index (κ2) is 4.90. The Hall–Kier alpha value is -2.06. The van der Waals surface area contributed by atoms with Crippen LogP contribution in [-0.2, 0) is 10.0 Å². The fraction of sp³-hybridized carbons (Fsp3) is 0.182. The van der Waals surface area contributed by atoms with Crippen molar-refractivity contribution in [2.45, 2.75) is 17.9 Å². The highest BCUT2D eigenvalue weighted by molar-refractivity contribution is 7.89. The molecule has 19 heavy (non-hydrogen) atoms. The van der Waals surface area contributed by atoms with Gasteiger partial charge in [0.1, 0.15) is 5.82 Å². The Balaban J connectivity index is 2.23. The van der Waals surface area contributed by atoms with Crippen LogP contribution in [0.25, 0.3) is 0 Å². The Labute approximate surface area is 111 Å². The molecule has 0 spiro atoms. The average molecular weight is 281 g/mol. The van der Waals surface area contributed by atoms with E-state index in [9.17, 15) is 8.42 Å². The molecular weight excluding hydrogens is 266 g/mol. The fourth-order valence-electron chi connectivity index (χ4n) is 1.67. The van der Waals surface area contributed by atoms with Gasteiger partial charge in [-0.25, -0.2) is 18.5 Å². The highest BCUT2D eigenvalue weighted by atomic mass is 32.2. The van der Waals surface area contributed by atoms with Gasteiger partial charge in [0.25, 0.3) is 0 Å². The van der Waals surface area contributed by atoms with Crippen LogP contribution in [0.5, 0.6) is 0 Å². The molecule has 0 aliphatic rings. The summed E-state index contributed by atoms with van der Waals surface area (Å²) in [4.78, 5) is 7.09. The zero-order chi connectivity index (χ0) is 14.0. The van der Waals surface area contributed by atoms with E-state index in [1.54, 1.807) is 18.5 Å². The Morgan fingerprint density at radius 3 is 2.68 bits per heavy atom. The lowest BCUT2D eigenvalue weighted by atomic mass is 10.2. The summed E-state index contributed by atoms with van der Waals surface area (Å²) in [5, 5.41) is 8.17. The summed E-state index contributed by atoms with van der Waals surface area (Å²) in [5.74, 6) is 0.759. The number of H-pyrrole nitrogens is 1. The third-order valence-corrected chi connectivity index (χ3v) is 3.56. The number of hydrogen-bond acceptors (Lipinski definition) is 5. The average Bonchev–Trinajstić information content (AvgIpc) is 2.84. The largest absolute Gasteiger partial charge is 0.397 e. The molecule has 0 aliphatic carbocycles. The number of nitrogens with zero attached hydrogens (tertiary/aromatic N) is 1. The summed E-state index contributed by atoms with van der Waals surface area (Å²) < 4.78 is 22.4. The minimum absolute atomic E-state index is 0.0128. The number of nitrogens with one attached hydrogen (secondary N) is 2. The number of aromatic nitrogens is 2. The number of nitrogen functional groups attached to an aromatic ring is 1. The zero-order valence-electron chi connectivity index (χ0n) is 10.3. The molecule has 1 atom stereocenters. The molecule has 8 heteroatoms. The number of rotatable bonds is 4. The third-order valence-electron chi connectivity index (χ3n) is 2.65. The first-order chi connectivity index (χ1) is 8.88. The van der Waals surface area contributed by atoms with Crippen LogP contribution in [0, 0.1) is 0 Å². The highest BCUT2D eigenvalue weighted by Gasteiger charge is 2.12. The maximum absolute atomic E-state index is 11.2. The summed E-state index contributed by atoms with van der Waals surface area (Å²) in [6.07, 6.45) is 3.38. The number of imidazole rings is 1. The van der Waals surface area contributed by atoms with Crippen molar-refractivity contribution in [1.29, 1.82) is 0 Å². The number of hydrogen-bond donors (Lipinski definition) is 4. The predicted octanol–water partition coefficient (Wildman–Crippen LogP) is 0.812. The van der Waals surface area contributed by atoms with Gasteiger partial charge in [0, 0.05) is 12.4 Å². The molecule has 2 aromatic rings. The van der Waals surface area contributed by atoms with Crippen molar-refractivity contribution in [2.75, 3.05) is 11.1 Å². The Kier molecular flexibility index (Phi) is 3.45. The lowest BCUT2D eigenvalue weighted by Gasteiger charge is -2.15. The third kappa shape index (κ3) is 3.04. The fourth-order valence-corrected chi connectivity index (χ4v) is 2.21. The van der Waals surface area contributed by atoms with Crippen LogP contribution in [0.3, 0.4) is 0 Å². The lowest BCUT2D eigenvalue weighted by molar-refractivity contribution is 0.598. The van der Waals surface area contributed by atoms with Crippen molar-refractivity contribution in [2.24, 2.45) is 5.14 Å². The van der Waals surface area contributed by atoms with E-state index in [0.29, 0.717) is 11.4 Å². The minimum atomic E-state index is -3.74. The van der Waals surface area contributed by atoms with E-state index in [1.807, 2.05) is 6.92 Å². The Morgan fingerprint density at radius 2 is 2.16 bits per heavy atom. The van der Waals surface area contributed by atoms with E-state index in [1.165, 1.54) is 12.1 Å². The maximum Gasteiger partial charge on any atom is 0.238 e. The van der Waals surface area contributed by atoms with Crippen LogP contribution in [0.4, 0.5) is 11.4 Å². The molecule has 0 saturated carbocycles. The number of benzene rings is 1. The van der Waals surface area contributed by atoms with Gasteiger partial charge >= 0.3 is 0 Å². The van der Waals surface area contributed by atoms with Crippen LogP contribution in [-0.4, -0.2) is 18.4 Å². The summed E-state index contributed by atoms with van der Waals surface area (Å²) >= 11 is 0. The second-order valence-corrected chi connectivity index (χ2v) is 5.70. The van der Waals surface area contributed by atoms with Crippen molar-refractivity contribution < 1.29 is 8.42 Å². The number of nitrogens with two attached hydrogens (primary N) is 2. The van der Waals surface area contributed by atoms with Crippen LogP contribution < -0.4 is 16.2 Å². The number of primary sulfonamides is 1. The van der Waals surface area contributed by atoms with Gasteiger partial charge in [-0.05, 0) is 25.1 Å². The van der Waals surface area contributed by atoms with Gasteiger partial charge < -0.3 is 16.0 Å². The molecule has 0 amide bonds. The first-order valence-electron chi connectivity index (χ1n) is 5.56. The summed E-state index contributed by atoms with van der Waals surface area (Å²) in [7, 11) is -3.74. The van der Waals surface area contributed by atoms with Crippen LogP contribution in [0.1, 0.15) is 18.8 Å². The van der Waals surface area contributed by atoms with Gasteiger partial charge in [-0.15, -0.1) is 0 Å². The van der Waals surface area contributed by atoms with E-state index >= 15 is 0 Å². The summed E-state index contributed by atoms with van der Waals surface area (Å²) in [5.41, 5.74) is 6.74. The van der Waals surface area contributed by atoms with Crippen LogP contribution >= 0.6 is 0 Å². The van der Waals surface area contributed by atoms with Crippen molar-refractivity contribution >= 4 is 21.4 Å². The minimum Gasteiger partial charge on any atom is -0.397 e. The van der Waals surface area contributed by atoms with Crippen molar-refractivity contribution in [1.82, 2.24) is 9.97 Å². The van der Waals surface area contributed by atoms with E-state index in [0.717, 1.165) is 5.82 Å². The monoisotopic (exact) mass is 281 g/mol. The predicted molar refractivity (Wildman–Crippen MR) is 72.9 cm³/mol. The normalized spacial score (nSPS) is 13.2. The summed E-state index contributed by atoms with van der Waals surface area (Å²) in [6.45, 7) is 1.91. The SMILES string of the molecule is CC(Nc1ccc(S(N)(=O)=O)cc1N)c1ncc[nH]1. The van der Waals surface area contributed by atoms with Crippen molar-refractivity contribution in [3.8, 4) is 0 Å². The van der Waals surface area contributed by atoms with Crippen molar-refractivity contribution in [3.05, 3.63) is 36.4 Å². The van der Waals surface area contributed by atoms with Crippen LogP contribution in [0.15, 0.2) is 35.5 Å². The number of anilines is 2. The molecule has 1 unspecified atom stereocenters. The molecular formula is C11H15N5O2S. The topological polar surface area (TPSA) is 127 Å². The molecule has 0 radical (unpaired) electrons. The molecule has 0 fully saturated rings. The maximum atomic E-state index is 11.2. The highest BCUT2D eigenvalue weighted by Crippen LogP contribution is 2.25. The van der Waals surface area contributed by atoms with Crippen molar-refractivity contribution in [3.63, 3.8) is 0 Å². The molecule has 7 nitrogen and oxygen atoms in total. The molecule has 1 aromatic carbocycles. The van der Waals surface area contributed by atoms with E-state index in [-0.39, 0.29) is 10.9 Å². The Bertz CT molecular complexity index is 666. The lowest BCUT2D eigenvalue weighted by Crippen LogP contribution is -2.14. The molecule has 0 bridgehead atoms. The van der Waals surface area contributed by atoms with Gasteiger partial charge in [0.2, 0.25) is 10.0 Å². The van der Waals surface area contributed by atoms with Gasteiger partial charge in [0.15, 0.2) is 0 Å². The molecule has 102 valence electrons. The summed E-state index contributed by atoms with van der Waals surface area (Å²) in [6, 6.07) is 4.22. The standard InChI is InChI=1S/C11H15N5O2S/c1-7(11-14-4-5-15-11)16-10-3-2-8(6-9(10)12)19(13,17)18/h2-7,16H,12H2,1H3,(H,14,15)(H2,13,17,18). The quantitative estimate of drug-likeness (QED) is 0.617. The van der Waals surface area contributed by atoms with Gasteiger partial charge in [-0.3, -0.25) is 0 Å². The first kappa shape index (κ1) is 13.4. The second-order valence-electron chi connectivity index (χ2n) is 4.13. The molecule has 2 rings (SSSR count). The number of aromatic amines is 1. The van der Waals surface area contributed by atoms with Crippen LogP contribution in [0.2, 0.25) is 0 Å². The Morgan fingerprint density at radius 1 is 1.42 bits per heavy atom. The molecule has 0 saturated heterocycles. The van der Waals surface area contributed by atoms with E-state index in [4.69, 9.17) is 10.9 Å². The molecule has 6 N–H and O–H groups in total.